The second-order valence-corrected chi connectivity index (χ2v) is 9.16. The smallest absolute Gasteiger partial charge is 0.255 e. The van der Waals surface area contributed by atoms with Crippen molar-refractivity contribution in [2.24, 2.45) is 7.05 Å². The van der Waals surface area contributed by atoms with Crippen molar-refractivity contribution in [3.8, 4) is 23.0 Å². The summed E-state index contributed by atoms with van der Waals surface area (Å²) < 4.78 is 7.91. The molecule has 4 rings (SSSR count). The van der Waals surface area contributed by atoms with Crippen LogP contribution in [0.4, 0.5) is 5.82 Å². The molecule has 1 aromatic carbocycles. The van der Waals surface area contributed by atoms with Crippen molar-refractivity contribution in [1.82, 2.24) is 25.0 Å². The van der Waals surface area contributed by atoms with E-state index in [1.54, 1.807) is 23.1 Å². The minimum Gasteiger partial charge on any atom is -0.383 e. The maximum absolute atomic E-state index is 13.1. The summed E-state index contributed by atoms with van der Waals surface area (Å²) in [5.74, 6) is 6.28. The highest BCUT2D eigenvalue weighted by Gasteiger charge is 2.30. The molecule has 2 aromatic heterocycles. The van der Waals surface area contributed by atoms with E-state index >= 15 is 0 Å². The van der Waals surface area contributed by atoms with E-state index < -0.39 is 0 Å². The number of carbonyl (C=O) groups is 1. The number of rotatable bonds is 7. The van der Waals surface area contributed by atoms with Gasteiger partial charge in [-0.2, -0.15) is 5.10 Å². The van der Waals surface area contributed by atoms with E-state index in [9.17, 15) is 4.79 Å². The summed E-state index contributed by atoms with van der Waals surface area (Å²) in [5.41, 5.74) is 10.1. The number of ether oxygens (including phenoxy) is 1. The molecule has 8 heteroatoms. The fourth-order valence-corrected chi connectivity index (χ4v) is 4.11. The quantitative estimate of drug-likeness (QED) is 0.513. The average Bonchev–Trinajstić information content (AvgIpc) is 3.47. The van der Waals surface area contributed by atoms with Gasteiger partial charge in [-0.25, -0.2) is 4.98 Å². The molecule has 1 fully saturated rings. The van der Waals surface area contributed by atoms with Crippen LogP contribution < -0.4 is 11.1 Å². The minimum absolute atomic E-state index is 0.0470. The molecule has 3 N–H and O–H groups in total. The predicted octanol–water partition coefficient (Wildman–Crippen LogP) is 2.85. The first-order valence-corrected chi connectivity index (χ1v) is 11.8. The van der Waals surface area contributed by atoms with Crippen molar-refractivity contribution < 1.29 is 9.53 Å². The molecule has 0 bridgehead atoms. The van der Waals surface area contributed by atoms with Gasteiger partial charge in [-0.1, -0.05) is 24.0 Å². The molecular formula is C27H32N6O2. The Kier molecular flexibility index (Phi) is 7.80. The van der Waals surface area contributed by atoms with Gasteiger partial charge in [0.25, 0.3) is 5.91 Å². The molecule has 1 saturated carbocycles. The zero-order valence-electron chi connectivity index (χ0n) is 20.5. The van der Waals surface area contributed by atoms with Crippen molar-refractivity contribution in [2.75, 3.05) is 26.4 Å². The third-order valence-electron chi connectivity index (χ3n) is 6.02. The molecule has 2 heterocycles. The van der Waals surface area contributed by atoms with E-state index in [2.05, 4.69) is 27.2 Å². The summed E-state index contributed by atoms with van der Waals surface area (Å²) in [7, 11) is 5.84. The first-order valence-electron chi connectivity index (χ1n) is 11.8. The number of carbonyl (C=O) groups excluding carboxylic acids is 1. The Morgan fingerprint density at radius 1 is 1.23 bits per heavy atom. The lowest BCUT2D eigenvalue weighted by Gasteiger charge is -2.22. The SMILES string of the molecule is CN(C)CC#Cc1ccc(CO[C@H]2CCC[C@@H]2NC(=O)c2cc(-c3cnn(C)c3)cnc2N)cc1. The van der Waals surface area contributed by atoms with Crippen LogP contribution in [0, 0.1) is 11.8 Å². The Morgan fingerprint density at radius 2 is 2.03 bits per heavy atom. The number of hydrogen-bond acceptors (Lipinski definition) is 6. The molecule has 1 aliphatic rings. The molecule has 35 heavy (non-hydrogen) atoms. The summed E-state index contributed by atoms with van der Waals surface area (Å²) in [6, 6.07) is 9.81. The Labute approximate surface area is 206 Å². The molecule has 3 aromatic rings. The molecule has 1 amide bonds. The van der Waals surface area contributed by atoms with Crippen LogP contribution in [0.15, 0.2) is 48.9 Å². The maximum Gasteiger partial charge on any atom is 0.255 e. The molecule has 0 spiro atoms. The molecule has 182 valence electrons. The zero-order chi connectivity index (χ0) is 24.8. The van der Waals surface area contributed by atoms with E-state index in [0.29, 0.717) is 12.2 Å². The van der Waals surface area contributed by atoms with E-state index in [-0.39, 0.29) is 23.9 Å². The van der Waals surface area contributed by atoms with Crippen LogP contribution in [-0.2, 0) is 18.4 Å². The summed E-state index contributed by atoms with van der Waals surface area (Å²) >= 11 is 0. The normalized spacial score (nSPS) is 17.3. The lowest BCUT2D eigenvalue weighted by molar-refractivity contribution is 0.0272. The number of hydrogen-bond donors (Lipinski definition) is 2. The minimum atomic E-state index is -0.234. The zero-order valence-corrected chi connectivity index (χ0v) is 20.5. The van der Waals surface area contributed by atoms with Crippen LogP contribution in [0.1, 0.15) is 40.7 Å². The van der Waals surface area contributed by atoms with Gasteiger partial charge in [0.2, 0.25) is 0 Å². The van der Waals surface area contributed by atoms with Gasteiger partial charge in [0.1, 0.15) is 5.82 Å². The molecule has 8 nitrogen and oxygen atoms in total. The summed E-state index contributed by atoms with van der Waals surface area (Å²) in [5, 5.41) is 7.31. The monoisotopic (exact) mass is 472 g/mol. The van der Waals surface area contributed by atoms with E-state index in [4.69, 9.17) is 10.5 Å². The number of nitrogens with zero attached hydrogens (tertiary/aromatic N) is 4. The van der Waals surface area contributed by atoms with Crippen molar-refractivity contribution in [1.29, 1.82) is 0 Å². The van der Waals surface area contributed by atoms with Crippen molar-refractivity contribution in [3.05, 3.63) is 65.6 Å². The third kappa shape index (κ3) is 6.47. The van der Waals surface area contributed by atoms with E-state index in [1.807, 2.05) is 56.5 Å². The number of nitrogens with one attached hydrogen (secondary N) is 1. The van der Waals surface area contributed by atoms with Gasteiger partial charge < -0.3 is 15.8 Å². The molecule has 2 atom stereocenters. The highest BCUT2D eigenvalue weighted by atomic mass is 16.5. The maximum atomic E-state index is 13.1. The fraction of sp³-hybridized carbons (Fsp3) is 0.370. The number of amides is 1. The Balaban J connectivity index is 1.35. The number of nitrogens with two attached hydrogens (primary N) is 1. The summed E-state index contributed by atoms with van der Waals surface area (Å²) in [6.07, 6.45) is 7.99. The number of aryl methyl sites for hydroxylation is 1. The second-order valence-electron chi connectivity index (χ2n) is 9.16. The van der Waals surface area contributed by atoms with Gasteiger partial charge in [0.05, 0.1) is 37.1 Å². The van der Waals surface area contributed by atoms with Crippen LogP contribution in [0.25, 0.3) is 11.1 Å². The van der Waals surface area contributed by atoms with Crippen LogP contribution >= 0.6 is 0 Å². The standard InChI is InChI=1S/C27H32N6O2/c1-32(2)13-5-6-19-9-11-20(12-10-19)18-35-25-8-4-7-24(25)31-27(34)23-14-21(15-29-26(23)28)22-16-30-33(3)17-22/h9-12,14-17,24-25H,4,7-8,13,18H2,1-3H3,(H2,28,29)(H,31,34)/t24-,25-/m0/s1. The molecule has 0 radical (unpaired) electrons. The molecule has 0 saturated heterocycles. The van der Waals surface area contributed by atoms with Gasteiger partial charge >= 0.3 is 0 Å². The number of benzene rings is 1. The van der Waals surface area contributed by atoms with Crippen molar-refractivity contribution in [2.45, 2.75) is 38.0 Å². The Hall–Kier alpha value is -3.67. The van der Waals surface area contributed by atoms with Gasteiger partial charge in [0, 0.05) is 36.1 Å². The number of aromatic nitrogens is 3. The largest absolute Gasteiger partial charge is 0.383 e. The topological polar surface area (TPSA) is 98.3 Å². The van der Waals surface area contributed by atoms with Crippen molar-refractivity contribution >= 4 is 11.7 Å². The van der Waals surface area contributed by atoms with E-state index in [0.717, 1.165) is 48.1 Å². The first-order chi connectivity index (χ1) is 16.9. The predicted molar refractivity (Wildman–Crippen MR) is 136 cm³/mol. The molecule has 0 unspecified atom stereocenters. The molecular weight excluding hydrogens is 440 g/mol. The first kappa shape index (κ1) is 24.5. The van der Waals surface area contributed by atoms with Gasteiger partial charge in [-0.05, 0) is 57.1 Å². The molecule has 0 aliphatic heterocycles. The summed E-state index contributed by atoms with van der Waals surface area (Å²) in [4.78, 5) is 19.3. The van der Waals surface area contributed by atoms with Crippen molar-refractivity contribution in [3.63, 3.8) is 0 Å². The Morgan fingerprint density at radius 3 is 2.74 bits per heavy atom. The van der Waals surface area contributed by atoms with Crippen LogP contribution in [0.3, 0.4) is 0 Å². The van der Waals surface area contributed by atoms with Gasteiger partial charge in [-0.15, -0.1) is 0 Å². The Bertz CT molecular complexity index is 1220. The van der Waals surface area contributed by atoms with E-state index in [1.165, 1.54) is 0 Å². The highest BCUT2D eigenvalue weighted by molar-refractivity contribution is 5.99. The third-order valence-corrected chi connectivity index (χ3v) is 6.02. The fourth-order valence-electron chi connectivity index (χ4n) is 4.11. The average molecular weight is 473 g/mol. The summed E-state index contributed by atoms with van der Waals surface area (Å²) in [6.45, 7) is 1.22. The number of nitrogen functional groups attached to an aromatic ring is 1. The molecule has 1 aliphatic carbocycles. The second kappa shape index (κ2) is 11.2. The number of pyridine rings is 1. The lowest BCUT2D eigenvalue weighted by atomic mass is 10.1. The van der Waals surface area contributed by atoms with Crippen LogP contribution in [0.5, 0.6) is 0 Å². The van der Waals surface area contributed by atoms with Crippen LogP contribution in [-0.4, -0.2) is 58.4 Å². The number of anilines is 1. The lowest BCUT2D eigenvalue weighted by Crippen LogP contribution is -2.41. The van der Waals surface area contributed by atoms with Gasteiger partial charge in [0.15, 0.2) is 0 Å². The van der Waals surface area contributed by atoms with Crippen LogP contribution in [0.2, 0.25) is 0 Å². The van der Waals surface area contributed by atoms with Gasteiger partial charge in [-0.3, -0.25) is 14.4 Å². The highest BCUT2D eigenvalue weighted by Crippen LogP contribution is 2.25.